The van der Waals surface area contributed by atoms with Crippen LogP contribution in [0.25, 0.3) is 0 Å². The fourth-order valence-electron chi connectivity index (χ4n) is 2.92. The predicted molar refractivity (Wildman–Crippen MR) is 82.8 cm³/mol. The zero-order valence-electron chi connectivity index (χ0n) is 13.5. The number of nitrogens with one attached hydrogen (secondary N) is 1. The number of carboxylic acids is 1. The van der Waals surface area contributed by atoms with Crippen LogP contribution in [-0.4, -0.2) is 22.8 Å². The fraction of sp³-hybridized carbons (Fsp3) is 0.529. The van der Waals surface area contributed by atoms with Crippen LogP contribution in [0.1, 0.15) is 57.6 Å². The maximum atomic E-state index is 12.1. The lowest BCUT2D eigenvalue weighted by Crippen LogP contribution is -2.54. The minimum atomic E-state index is -1.43. The van der Waals surface area contributed by atoms with Crippen molar-refractivity contribution in [3.63, 3.8) is 0 Å². The van der Waals surface area contributed by atoms with E-state index in [2.05, 4.69) is 12.2 Å². The maximum Gasteiger partial charge on any atom is 0.408 e. The quantitative estimate of drug-likeness (QED) is 0.878. The van der Waals surface area contributed by atoms with Gasteiger partial charge in [-0.3, -0.25) is 0 Å². The molecular formula is C17H23NO4. The Morgan fingerprint density at radius 1 is 1.32 bits per heavy atom. The molecule has 5 heteroatoms. The van der Waals surface area contributed by atoms with Crippen LogP contribution in [0.5, 0.6) is 0 Å². The van der Waals surface area contributed by atoms with E-state index in [1.165, 1.54) is 0 Å². The van der Waals surface area contributed by atoms with E-state index in [1.807, 2.05) is 12.1 Å². The van der Waals surface area contributed by atoms with Crippen molar-refractivity contribution in [2.75, 3.05) is 0 Å². The van der Waals surface area contributed by atoms with Gasteiger partial charge in [-0.15, -0.1) is 0 Å². The lowest BCUT2D eigenvalue weighted by atomic mass is 9.72. The molecule has 0 fully saturated rings. The third-order valence-corrected chi connectivity index (χ3v) is 3.98. The van der Waals surface area contributed by atoms with Crippen molar-refractivity contribution < 1.29 is 19.4 Å². The number of ether oxygens (including phenoxy) is 1. The number of carbonyl (C=O) groups excluding carboxylic acids is 1. The van der Waals surface area contributed by atoms with E-state index in [0.717, 1.165) is 5.56 Å². The van der Waals surface area contributed by atoms with Crippen LogP contribution >= 0.6 is 0 Å². The second-order valence-corrected chi connectivity index (χ2v) is 6.86. The normalized spacial score (nSPS) is 24.3. The van der Waals surface area contributed by atoms with Gasteiger partial charge in [0.25, 0.3) is 0 Å². The molecule has 1 aliphatic carbocycles. The van der Waals surface area contributed by atoms with Gasteiger partial charge in [0, 0.05) is 0 Å². The largest absolute Gasteiger partial charge is 0.479 e. The smallest absolute Gasteiger partial charge is 0.408 e. The molecule has 0 radical (unpaired) electrons. The Hall–Kier alpha value is -2.04. The molecule has 1 aromatic rings. The van der Waals surface area contributed by atoms with Crippen LogP contribution in [-0.2, 0) is 15.1 Å². The van der Waals surface area contributed by atoms with Crippen LogP contribution in [0.4, 0.5) is 4.79 Å². The third-order valence-electron chi connectivity index (χ3n) is 3.98. The number of amides is 1. The summed E-state index contributed by atoms with van der Waals surface area (Å²) in [7, 11) is 0. The predicted octanol–water partition coefficient (Wildman–Crippen LogP) is 3.39. The standard InChI is InChI=1S/C17H23NO4/c1-11-9-10-17(14(19)20,13-8-6-5-7-12(11)13)18-15(21)22-16(2,3)4/h5-8,11H,9-10H2,1-4H3,(H,18,21)(H,19,20). The average Bonchev–Trinajstić information content (AvgIpc) is 2.40. The van der Waals surface area contributed by atoms with Crippen LogP contribution in [0.15, 0.2) is 24.3 Å². The minimum absolute atomic E-state index is 0.268. The van der Waals surface area contributed by atoms with Crippen molar-refractivity contribution in [3.8, 4) is 0 Å². The number of carboxylic acid groups (broad SMARTS) is 1. The molecule has 0 aliphatic heterocycles. The van der Waals surface area contributed by atoms with Crippen molar-refractivity contribution in [1.29, 1.82) is 0 Å². The van der Waals surface area contributed by atoms with Crippen molar-refractivity contribution in [3.05, 3.63) is 35.4 Å². The molecule has 0 saturated heterocycles. The first-order valence-corrected chi connectivity index (χ1v) is 7.50. The number of alkyl carbamates (subject to hydrolysis) is 1. The van der Waals surface area contributed by atoms with Crippen molar-refractivity contribution >= 4 is 12.1 Å². The van der Waals surface area contributed by atoms with E-state index in [9.17, 15) is 14.7 Å². The molecule has 1 amide bonds. The molecule has 0 heterocycles. The van der Waals surface area contributed by atoms with E-state index in [-0.39, 0.29) is 5.92 Å². The lowest BCUT2D eigenvalue weighted by molar-refractivity contribution is -0.146. The van der Waals surface area contributed by atoms with Gasteiger partial charge in [-0.2, -0.15) is 0 Å². The van der Waals surface area contributed by atoms with Gasteiger partial charge >= 0.3 is 12.1 Å². The van der Waals surface area contributed by atoms with Gasteiger partial charge < -0.3 is 15.2 Å². The second-order valence-electron chi connectivity index (χ2n) is 6.86. The third kappa shape index (κ3) is 3.08. The maximum absolute atomic E-state index is 12.1. The van der Waals surface area contributed by atoms with Gasteiger partial charge in [-0.05, 0) is 50.7 Å². The molecule has 0 spiro atoms. The highest BCUT2D eigenvalue weighted by Crippen LogP contribution is 2.41. The first kappa shape index (κ1) is 16.3. The van der Waals surface area contributed by atoms with Gasteiger partial charge in [-0.1, -0.05) is 31.2 Å². The number of rotatable bonds is 2. The molecule has 120 valence electrons. The monoisotopic (exact) mass is 305 g/mol. The summed E-state index contributed by atoms with van der Waals surface area (Å²) in [5.41, 5.74) is -0.490. The number of aliphatic carboxylic acids is 1. The summed E-state index contributed by atoms with van der Waals surface area (Å²) < 4.78 is 5.24. The fourth-order valence-corrected chi connectivity index (χ4v) is 2.92. The summed E-state index contributed by atoms with van der Waals surface area (Å²) in [6, 6.07) is 7.39. The summed E-state index contributed by atoms with van der Waals surface area (Å²) >= 11 is 0. The molecule has 2 unspecified atom stereocenters. The number of hydrogen-bond donors (Lipinski definition) is 2. The molecular weight excluding hydrogens is 282 g/mol. The average molecular weight is 305 g/mol. The van der Waals surface area contributed by atoms with Crippen molar-refractivity contribution in [1.82, 2.24) is 5.32 Å². The van der Waals surface area contributed by atoms with Crippen LogP contribution < -0.4 is 5.32 Å². The van der Waals surface area contributed by atoms with Crippen LogP contribution in [0, 0.1) is 0 Å². The second kappa shape index (κ2) is 5.63. The summed E-state index contributed by atoms with van der Waals surface area (Å²) in [4.78, 5) is 24.1. The topological polar surface area (TPSA) is 75.6 Å². The molecule has 2 rings (SSSR count). The highest BCUT2D eigenvalue weighted by Gasteiger charge is 2.47. The van der Waals surface area contributed by atoms with E-state index in [0.29, 0.717) is 18.4 Å². The number of hydrogen-bond acceptors (Lipinski definition) is 3. The van der Waals surface area contributed by atoms with Crippen molar-refractivity contribution in [2.45, 2.75) is 57.6 Å². The number of fused-ring (bicyclic) bond motifs is 1. The molecule has 22 heavy (non-hydrogen) atoms. The summed E-state index contributed by atoms with van der Waals surface area (Å²) in [5.74, 6) is -0.790. The molecule has 5 nitrogen and oxygen atoms in total. The van der Waals surface area contributed by atoms with Crippen molar-refractivity contribution in [2.24, 2.45) is 0 Å². The molecule has 1 aliphatic rings. The van der Waals surface area contributed by atoms with Gasteiger partial charge in [0.1, 0.15) is 5.60 Å². The Morgan fingerprint density at radius 2 is 1.95 bits per heavy atom. The Kier molecular flexibility index (Phi) is 4.18. The zero-order chi connectivity index (χ0) is 16.5. The van der Waals surface area contributed by atoms with E-state index in [1.54, 1.807) is 32.9 Å². The van der Waals surface area contributed by atoms with Gasteiger partial charge in [0.05, 0.1) is 0 Å². The molecule has 0 aromatic heterocycles. The number of benzene rings is 1. The Balaban J connectivity index is 2.41. The summed E-state index contributed by atoms with van der Waals surface area (Å²) in [6.45, 7) is 7.31. The van der Waals surface area contributed by atoms with Gasteiger partial charge in [-0.25, -0.2) is 9.59 Å². The van der Waals surface area contributed by atoms with E-state index in [4.69, 9.17) is 4.74 Å². The lowest BCUT2D eigenvalue weighted by Gasteiger charge is -2.38. The first-order valence-electron chi connectivity index (χ1n) is 7.50. The first-order chi connectivity index (χ1) is 10.2. The highest BCUT2D eigenvalue weighted by molar-refractivity contribution is 5.87. The zero-order valence-corrected chi connectivity index (χ0v) is 13.5. The Labute approximate surface area is 130 Å². The van der Waals surface area contributed by atoms with Gasteiger partial charge in [0.2, 0.25) is 0 Å². The number of carbonyl (C=O) groups is 2. The SMILES string of the molecule is CC1CCC(NC(=O)OC(C)(C)C)(C(=O)O)c2ccccc21. The molecule has 0 saturated carbocycles. The van der Waals surface area contributed by atoms with Crippen LogP contribution in [0.2, 0.25) is 0 Å². The molecule has 2 N–H and O–H groups in total. The summed E-state index contributed by atoms with van der Waals surface area (Å²) in [6.07, 6.45) is 0.332. The highest BCUT2D eigenvalue weighted by atomic mass is 16.6. The Bertz CT molecular complexity index is 591. The Morgan fingerprint density at radius 3 is 2.55 bits per heavy atom. The summed E-state index contributed by atoms with van der Waals surface area (Å²) in [5, 5.41) is 12.4. The minimum Gasteiger partial charge on any atom is -0.479 e. The molecule has 2 atom stereocenters. The molecule has 1 aromatic carbocycles. The van der Waals surface area contributed by atoms with Gasteiger partial charge in [0.15, 0.2) is 5.54 Å². The van der Waals surface area contributed by atoms with Crippen LogP contribution in [0.3, 0.4) is 0 Å². The molecule has 0 bridgehead atoms. The van der Waals surface area contributed by atoms with E-state index < -0.39 is 23.2 Å². The van der Waals surface area contributed by atoms with E-state index >= 15 is 0 Å².